The first-order chi connectivity index (χ1) is 14.2. The molecule has 0 spiro atoms. The van der Waals surface area contributed by atoms with Gasteiger partial charge in [0, 0.05) is 43.6 Å². The quantitative estimate of drug-likeness (QED) is 0.697. The molecule has 6 nitrogen and oxygen atoms in total. The number of thioether (sulfide) groups is 1. The minimum absolute atomic E-state index is 0.0169. The molecule has 1 aliphatic heterocycles. The van der Waals surface area contributed by atoms with Crippen LogP contribution in [0, 0.1) is 6.92 Å². The van der Waals surface area contributed by atoms with E-state index in [0.29, 0.717) is 5.75 Å². The van der Waals surface area contributed by atoms with Crippen LogP contribution < -0.4 is 10.2 Å². The predicted molar refractivity (Wildman–Crippen MR) is 121 cm³/mol. The highest BCUT2D eigenvalue weighted by Crippen LogP contribution is 2.26. The van der Waals surface area contributed by atoms with Gasteiger partial charge in [0.15, 0.2) is 4.34 Å². The standard InChI is InChI=1S/C21H29N5OS2/c1-16-23-24-21(29-16)28-15-20(27)22-17-7-9-19(10-8-17)26-13-11-25(12-14-26)18-5-3-2-4-6-18/h7-10,18H,2-6,11-15H2,1H3,(H,22,27). The van der Waals surface area contributed by atoms with Crippen LogP contribution in [0.1, 0.15) is 37.1 Å². The van der Waals surface area contributed by atoms with Crippen molar-refractivity contribution in [3.05, 3.63) is 29.3 Å². The van der Waals surface area contributed by atoms with E-state index in [4.69, 9.17) is 0 Å². The highest BCUT2D eigenvalue weighted by molar-refractivity contribution is 8.01. The summed E-state index contributed by atoms with van der Waals surface area (Å²) < 4.78 is 0.834. The molecule has 8 heteroatoms. The molecule has 4 rings (SSSR count). The molecule has 1 aromatic heterocycles. The van der Waals surface area contributed by atoms with Gasteiger partial charge >= 0.3 is 0 Å². The Bertz CT molecular complexity index is 796. The maximum absolute atomic E-state index is 12.2. The number of hydrogen-bond donors (Lipinski definition) is 1. The number of aromatic nitrogens is 2. The molecule has 1 saturated carbocycles. The van der Waals surface area contributed by atoms with Crippen molar-refractivity contribution in [2.24, 2.45) is 0 Å². The van der Waals surface area contributed by atoms with Crippen LogP contribution in [0.2, 0.25) is 0 Å². The minimum Gasteiger partial charge on any atom is -0.369 e. The first kappa shape index (κ1) is 20.6. The molecule has 2 heterocycles. The van der Waals surface area contributed by atoms with E-state index in [-0.39, 0.29) is 5.91 Å². The molecule has 1 saturated heterocycles. The van der Waals surface area contributed by atoms with Crippen molar-refractivity contribution >= 4 is 40.4 Å². The van der Waals surface area contributed by atoms with Gasteiger partial charge in [0.05, 0.1) is 5.75 Å². The number of carbonyl (C=O) groups is 1. The number of piperazine rings is 1. The Kier molecular flexibility index (Phi) is 7.05. The van der Waals surface area contributed by atoms with Gasteiger partial charge in [0.1, 0.15) is 5.01 Å². The van der Waals surface area contributed by atoms with Crippen molar-refractivity contribution in [3.63, 3.8) is 0 Å². The lowest BCUT2D eigenvalue weighted by atomic mass is 9.94. The molecular formula is C21H29N5OS2. The highest BCUT2D eigenvalue weighted by Gasteiger charge is 2.25. The van der Waals surface area contributed by atoms with Gasteiger partial charge in [-0.1, -0.05) is 42.4 Å². The van der Waals surface area contributed by atoms with E-state index in [1.54, 1.807) is 0 Å². The molecule has 2 aromatic rings. The van der Waals surface area contributed by atoms with Gasteiger partial charge in [0.25, 0.3) is 0 Å². The Hall–Kier alpha value is -1.64. The number of amides is 1. The number of carbonyl (C=O) groups excluding carboxylic acids is 1. The average Bonchev–Trinajstić information content (AvgIpc) is 3.19. The Morgan fingerprint density at radius 2 is 1.83 bits per heavy atom. The minimum atomic E-state index is -0.0169. The predicted octanol–water partition coefficient (Wildman–Crippen LogP) is 4.03. The maximum Gasteiger partial charge on any atom is 0.234 e. The van der Waals surface area contributed by atoms with Crippen LogP contribution in [0.25, 0.3) is 0 Å². The lowest BCUT2D eigenvalue weighted by molar-refractivity contribution is -0.113. The Balaban J connectivity index is 1.23. The molecule has 1 amide bonds. The summed E-state index contributed by atoms with van der Waals surface area (Å²) in [5.41, 5.74) is 2.08. The molecule has 0 bridgehead atoms. The van der Waals surface area contributed by atoms with Crippen LogP contribution in [0.5, 0.6) is 0 Å². The first-order valence-corrected chi connectivity index (χ1v) is 12.3. The molecular weight excluding hydrogens is 402 g/mol. The Labute approximate surface area is 181 Å². The SMILES string of the molecule is Cc1nnc(SCC(=O)Nc2ccc(N3CCN(C4CCCCC4)CC3)cc2)s1. The maximum atomic E-state index is 12.2. The zero-order chi connectivity index (χ0) is 20.1. The fourth-order valence-corrected chi connectivity index (χ4v) is 5.82. The van der Waals surface area contributed by atoms with Crippen molar-refractivity contribution in [2.75, 3.05) is 42.1 Å². The molecule has 1 aliphatic carbocycles. The van der Waals surface area contributed by atoms with Gasteiger partial charge in [0.2, 0.25) is 5.91 Å². The largest absolute Gasteiger partial charge is 0.369 e. The summed E-state index contributed by atoms with van der Waals surface area (Å²) in [5, 5.41) is 11.9. The van der Waals surface area contributed by atoms with Crippen molar-refractivity contribution in [2.45, 2.75) is 49.4 Å². The van der Waals surface area contributed by atoms with Crippen molar-refractivity contribution < 1.29 is 4.79 Å². The van der Waals surface area contributed by atoms with Gasteiger partial charge in [-0.15, -0.1) is 10.2 Å². The number of benzene rings is 1. The Morgan fingerprint density at radius 1 is 1.10 bits per heavy atom. The van der Waals surface area contributed by atoms with E-state index in [1.807, 2.05) is 19.1 Å². The van der Waals surface area contributed by atoms with Crippen LogP contribution in [0.15, 0.2) is 28.6 Å². The van der Waals surface area contributed by atoms with Gasteiger partial charge in [-0.2, -0.15) is 0 Å². The van der Waals surface area contributed by atoms with Crippen molar-refractivity contribution in [1.29, 1.82) is 0 Å². The zero-order valence-corrected chi connectivity index (χ0v) is 18.6. The molecule has 2 fully saturated rings. The number of aryl methyl sites for hydroxylation is 1. The molecule has 29 heavy (non-hydrogen) atoms. The van der Waals surface area contributed by atoms with Crippen LogP contribution >= 0.6 is 23.1 Å². The summed E-state index contributed by atoms with van der Waals surface area (Å²) in [6.07, 6.45) is 6.98. The molecule has 1 aromatic carbocycles. The second-order valence-corrected chi connectivity index (χ2v) is 10.2. The molecule has 0 unspecified atom stereocenters. The second-order valence-electron chi connectivity index (χ2n) is 7.79. The highest BCUT2D eigenvalue weighted by atomic mass is 32.2. The monoisotopic (exact) mass is 431 g/mol. The van der Waals surface area contributed by atoms with Crippen LogP contribution in [-0.4, -0.2) is 59.0 Å². The molecule has 2 aliphatic rings. The fourth-order valence-electron chi connectivity index (χ4n) is 4.21. The smallest absolute Gasteiger partial charge is 0.234 e. The van der Waals surface area contributed by atoms with Crippen LogP contribution in [0.3, 0.4) is 0 Å². The van der Waals surface area contributed by atoms with Gasteiger partial charge < -0.3 is 10.2 Å². The molecule has 0 atom stereocenters. The Morgan fingerprint density at radius 3 is 2.48 bits per heavy atom. The van der Waals surface area contributed by atoms with Crippen LogP contribution in [0.4, 0.5) is 11.4 Å². The van der Waals surface area contributed by atoms with E-state index < -0.39 is 0 Å². The zero-order valence-electron chi connectivity index (χ0n) is 17.0. The number of nitrogens with zero attached hydrogens (tertiary/aromatic N) is 4. The van der Waals surface area contributed by atoms with Crippen LogP contribution in [-0.2, 0) is 4.79 Å². The molecule has 156 valence electrons. The van der Waals surface area contributed by atoms with E-state index in [9.17, 15) is 4.79 Å². The van der Waals surface area contributed by atoms with Gasteiger partial charge in [-0.05, 0) is 44.0 Å². The number of nitrogens with one attached hydrogen (secondary N) is 1. The van der Waals surface area contributed by atoms with E-state index in [2.05, 4.69) is 37.4 Å². The summed E-state index contributed by atoms with van der Waals surface area (Å²) >= 11 is 2.94. The van der Waals surface area contributed by atoms with Crippen molar-refractivity contribution in [3.8, 4) is 0 Å². The van der Waals surface area contributed by atoms with Gasteiger partial charge in [-0.3, -0.25) is 9.69 Å². The summed E-state index contributed by atoms with van der Waals surface area (Å²) in [6.45, 7) is 6.40. The summed E-state index contributed by atoms with van der Waals surface area (Å²) in [4.78, 5) is 17.3. The third kappa shape index (κ3) is 5.71. The number of rotatable bonds is 6. The molecule has 0 radical (unpaired) electrons. The topological polar surface area (TPSA) is 61.4 Å². The lowest BCUT2D eigenvalue weighted by Crippen LogP contribution is -2.50. The van der Waals surface area contributed by atoms with Gasteiger partial charge in [-0.25, -0.2) is 0 Å². The first-order valence-electron chi connectivity index (χ1n) is 10.5. The summed E-state index contributed by atoms with van der Waals surface area (Å²) in [6, 6.07) is 9.05. The van der Waals surface area contributed by atoms with Crippen molar-refractivity contribution in [1.82, 2.24) is 15.1 Å². The summed E-state index contributed by atoms with van der Waals surface area (Å²) in [5.74, 6) is 0.330. The molecule has 1 N–H and O–H groups in total. The second kappa shape index (κ2) is 9.91. The fraction of sp³-hybridized carbons (Fsp3) is 0.571. The van der Waals surface area contributed by atoms with E-state index in [1.165, 1.54) is 60.9 Å². The summed E-state index contributed by atoms with van der Waals surface area (Å²) in [7, 11) is 0. The number of hydrogen-bond acceptors (Lipinski definition) is 7. The third-order valence-electron chi connectivity index (χ3n) is 5.76. The van der Waals surface area contributed by atoms with E-state index >= 15 is 0 Å². The number of anilines is 2. The normalized spacial score (nSPS) is 18.7. The lowest BCUT2D eigenvalue weighted by Gasteiger charge is -2.41. The van der Waals surface area contributed by atoms with E-state index in [0.717, 1.165) is 47.3 Å². The third-order valence-corrected chi connectivity index (χ3v) is 7.73. The average molecular weight is 432 g/mol.